The molecule has 0 amide bonds. The number of hydrogen-bond acceptors (Lipinski definition) is 3. The molecule has 178 valence electrons. The number of ketones is 1. The van der Waals surface area contributed by atoms with E-state index in [9.17, 15) is 4.79 Å². The van der Waals surface area contributed by atoms with Crippen molar-refractivity contribution in [1.82, 2.24) is 0 Å². The first-order valence-corrected chi connectivity index (χ1v) is 13.6. The lowest BCUT2D eigenvalue weighted by Gasteiger charge is -2.26. The van der Waals surface area contributed by atoms with Crippen molar-refractivity contribution in [2.45, 2.75) is 36.5 Å². The van der Waals surface area contributed by atoms with Gasteiger partial charge < -0.3 is 4.74 Å². The molecular formula is C33H28O2S. The molecule has 0 aromatic heterocycles. The zero-order chi connectivity index (χ0) is 24.7. The van der Waals surface area contributed by atoms with Gasteiger partial charge in [-0.3, -0.25) is 4.79 Å². The predicted octanol–water partition coefficient (Wildman–Crippen LogP) is 8.13. The van der Waals surface area contributed by atoms with E-state index in [1.165, 1.54) is 38.9 Å². The first-order valence-electron chi connectivity index (χ1n) is 12.6. The molecule has 0 bridgehead atoms. The van der Waals surface area contributed by atoms with E-state index in [2.05, 4.69) is 80.6 Å². The highest BCUT2D eigenvalue weighted by Gasteiger charge is 2.61. The summed E-state index contributed by atoms with van der Waals surface area (Å²) in [5.41, 5.74) is 9.61. The molecule has 2 atom stereocenters. The standard InChI is InChI=1S/C33H28O2S/c1-32(2)27-10-5-4-7-24(27)25-16-13-21(17-28(25)32)23-8-6-9-26-30(23)36-19-33(31(26)34)18-29(33)20-11-14-22(35-3)15-12-20/h4-17,29H,18-19H2,1-3H3. The number of hydrogen-bond donors (Lipinski definition) is 0. The van der Waals surface area contributed by atoms with Crippen molar-refractivity contribution in [3.05, 3.63) is 107 Å². The first-order chi connectivity index (χ1) is 17.4. The van der Waals surface area contributed by atoms with Crippen molar-refractivity contribution in [2.24, 2.45) is 5.41 Å². The Morgan fingerprint density at radius 1 is 0.806 bits per heavy atom. The minimum Gasteiger partial charge on any atom is -0.497 e. The lowest BCUT2D eigenvalue weighted by atomic mass is 9.81. The Kier molecular flexibility index (Phi) is 4.63. The number of benzene rings is 4. The van der Waals surface area contributed by atoms with Crippen LogP contribution in [0.5, 0.6) is 5.75 Å². The fourth-order valence-corrected chi connectivity index (χ4v) is 8.00. The maximum absolute atomic E-state index is 13.9. The van der Waals surface area contributed by atoms with Gasteiger partial charge in [-0.05, 0) is 69.5 Å². The first kappa shape index (κ1) is 21.9. The maximum atomic E-state index is 13.9. The highest BCUT2D eigenvalue weighted by Crippen LogP contribution is 2.65. The number of ether oxygens (including phenoxy) is 1. The monoisotopic (exact) mass is 488 g/mol. The molecule has 2 aliphatic carbocycles. The zero-order valence-electron chi connectivity index (χ0n) is 20.8. The normalized spacial score (nSPS) is 22.6. The Hall–Kier alpha value is -3.30. The molecule has 36 heavy (non-hydrogen) atoms. The molecule has 4 aromatic carbocycles. The van der Waals surface area contributed by atoms with Crippen LogP contribution in [0.4, 0.5) is 0 Å². The molecule has 1 fully saturated rings. The molecule has 0 radical (unpaired) electrons. The van der Waals surface area contributed by atoms with E-state index >= 15 is 0 Å². The number of Topliss-reactive ketones (excluding diaryl/α,β-unsaturated/α-hetero) is 1. The summed E-state index contributed by atoms with van der Waals surface area (Å²) in [6, 6.07) is 30.1. The second-order valence-corrected chi connectivity index (χ2v) is 11.9. The number of thioether (sulfide) groups is 1. The lowest BCUT2D eigenvalue weighted by molar-refractivity contribution is 0.0905. The van der Waals surface area contributed by atoms with E-state index in [1.54, 1.807) is 7.11 Å². The zero-order valence-corrected chi connectivity index (χ0v) is 21.6. The average molecular weight is 489 g/mol. The smallest absolute Gasteiger partial charge is 0.171 e. The van der Waals surface area contributed by atoms with Crippen LogP contribution in [0.15, 0.2) is 89.8 Å². The molecule has 0 N–H and O–H groups in total. The third kappa shape index (κ3) is 2.96. The Bertz CT molecular complexity index is 1550. The van der Waals surface area contributed by atoms with E-state index in [-0.39, 0.29) is 10.8 Å². The molecule has 3 heteroatoms. The summed E-state index contributed by atoms with van der Waals surface area (Å²) in [5.74, 6) is 2.30. The molecule has 4 aromatic rings. The van der Waals surface area contributed by atoms with Crippen LogP contribution in [-0.4, -0.2) is 18.6 Å². The highest BCUT2D eigenvalue weighted by atomic mass is 32.2. The highest BCUT2D eigenvalue weighted by molar-refractivity contribution is 7.99. The number of rotatable bonds is 3. The summed E-state index contributed by atoms with van der Waals surface area (Å²) in [6.07, 6.45) is 0.931. The van der Waals surface area contributed by atoms with E-state index < -0.39 is 0 Å². The molecule has 7 rings (SSSR count). The van der Waals surface area contributed by atoms with Crippen molar-refractivity contribution >= 4 is 17.5 Å². The third-order valence-electron chi connectivity index (χ3n) is 8.67. The van der Waals surface area contributed by atoms with Crippen molar-refractivity contribution in [2.75, 3.05) is 12.9 Å². The van der Waals surface area contributed by atoms with E-state index in [0.717, 1.165) is 28.4 Å². The van der Waals surface area contributed by atoms with E-state index in [4.69, 9.17) is 4.74 Å². The molecule has 1 heterocycles. The summed E-state index contributed by atoms with van der Waals surface area (Å²) < 4.78 is 5.32. The van der Waals surface area contributed by atoms with Gasteiger partial charge >= 0.3 is 0 Å². The van der Waals surface area contributed by atoms with Crippen molar-refractivity contribution in [3.63, 3.8) is 0 Å². The van der Waals surface area contributed by atoms with Crippen LogP contribution in [0.2, 0.25) is 0 Å². The molecule has 2 unspecified atom stereocenters. The van der Waals surface area contributed by atoms with Crippen molar-refractivity contribution < 1.29 is 9.53 Å². The Balaban J connectivity index is 1.25. The van der Waals surface area contributed by atoms with Gasteiger partial charge in [0, 0.05) is 21.6 Å². The topological polar surface area (TPSA) is 26.3 Å². The number of carbonyl (C=O) groups is 1. The molecule has 0 saturated heterocycles. The van der Waals surface area contributed by atoms with Crippen molar-refractivity contribution in [1.29, 1.82) is 0 Å². The fraction of sp³-hybridized carbons (Fsp3) is 0.242. The van der Waals surface area contributed by atoms with E-state index in [0.29, 0.717) is 11.7 Å². The Morgan fingerprint density at radius 2 is 1.53 bits per heavy atom. The second kappa shape index (κ2) is 7.60. The van der Waals surface area contributed by atoms with Crippen LogP contribution in [-0.2, 0) is 5.41 Å². The van der Waals surface area contributed by atoms with Gasteiger partial charge in [-0.1, -0.05) is 80.6 Å². The van der Waals surface area contributed by atoms with Crippen LogP contribution < -0.4 is 4.74 Å². The van der Waals surface area contributed by atoms with Gasteiger partial charge in [0.05, 0.1) is 12.5 Å². The van der Waals surface area contributed by atoms with Gasteiger partial charge in [0.1, 0.15) is 5.75 Å². The van der Waals surface area contributed by atoms with Gasteiger partial charge in [0.25, 0.3) is 0 Å². The number of carbonyl (C=O) groups excluding carboxylic acids is 1. The number of methoxy groups -OCH3 is 1. The van der Waals surface area contributed by atoms with Crippen LogP contribution in [0, 0.1) is 5.41 Å². The minimum atomic E-state index is -0.271. The Morgan fingerprint density at radius 3 is 2.33 bits per heavy atom. The average Bonchev–Trinajstić information content (AvgIpc) is 3.60. The molecule has 1 saturated carbocycles. The van der Waals surface area contributed by atoms with Gasteiger partial charge in [-0.15, -0.1) is 11.8 Å². The summed E-state index contributed by atoms with van der Waals surface area (Å²) >= 11 is 1.86. The van der Waals surface area contributed by atoms with E-state index in [1.807, 2.05) is 30.0 Å². The van der Waals surface area contributed by atoms with Crippen LogP contribution >= 0.6 is 11.8 Å². The summed E-state index contributed by atoms with van der Waals surface area (Å²) in [4.78, 5) is 15.0. The maximum Gasteiger partial charge on any atom is 0.171 e. The minimum absolute atomic E-state index is 0.0383. The summed E-state index contributed by atoms with van der Waals surface area (Å²) in [5, 5.41) is 0. The molecule has 2 nitrogen and oxygen atoms in total. The van der Waals surface area contributed by atoms with Gasteiger partial charge in [-0.25, -0.2) is 0 Å². The van der Waals surface area contributed by atoms with Crippen LogP contribution in [0.1, 0.15) is 53.2 Å². The van der Waals surface area contributed by atoms with Crippen molar-refractivity contribution in [3.8, 4) is 28.0 Å². The molecule has 1 aliphatic heterocycles. The number of fused-ring (bicyclic) bond motifs is 4. The third-order valence-corrected chi connectivity index (χ3v) is 10.1. The van der Waals surface area contributed by atoms with Gasteiger partial charge in [-0.2, -0.15) is 0 Å². The van der Waals surface area contributed by atoms with Crippen LogP contribution in [0.3, 0.4) is 0 Å². The summed E-state index contributed by atoms with van der Waals surface area (Å²) in [7, 11) is 1.68. The second-order valence-electron chi connectivity index (χ2n) is 10.9. The SMILES string of the molecule is COc1ccc(C2CC23CSc2c(cccc2-c2ccc4c(c2)C(C)(C)c2ccccc2-4)C3=O)cc1. The molecule has 1 spiro atoms. The molecular weight excluding hydrogens is 460 g/mol. The Labute approximate surface area is 216 Å². The largest absolute Gasteiger partial charge is 0.497 e. The predicted molar refractivity (Wildman–Crippen MR) is 147 cm³/mol. The molecule has 3 aliphatic rings. The van der Waals surface area contributed by atoms with Gasteiger partial charge in [0.2, 0.25) is 0 Å². The quantitative estimate of drug-likeness (QED) is 0.291. The summed E-state index contributed by atoms with van der Waals surface area (Å²) in [6.45, 7) is 4.63. The van der Waals surface area contributed by atoms with Crippen LogP contribution in [0.25, 0.3) is 22.3 Å². The fourth-order valence-electron chi connectivity index (χ4n) is 6.49. The lowest BCUT2D eigenvalue weighted by Crippen LogP contribution is -2.25. The van der Waals surface area contributed by atoms with Gasteiger partial charge in [0.15, 0.2) is 5.78 Å².